The first-order valence-corrected chi connectivity index (χ1v) is 6.58. The zero-order chi connectivity index (χ0) is 12.3. The third kappa shape index (κ3) is 3.40. The summed E-state index contributed by atoms with van der Waals surface area (Å²) in [6, 6.07) is 4.43. The molecule has 2 unspecified atom stereocenters. The largest absolute Gasteiger partial charge is 0.389 e. The molecule has 92 valence electrons. The highest BCUT2D eigenvalue weighted by atomic mass is 32.1. The minimum atomic E-state index is 0.398. The Hall–Kier alpha value is -1.16. The highest BCUT2D eigenvalue weighted by molar-refractivity contribution is 7.80. The summed E-state index contributed by atoms with van der Waals surface area (Å²) in [5.74, 6) is 1.74. The lowest BCUT2D eigenvalue weighted by atomic mass is 9.87. The number of rotatable bonds is 3. The molecule has 2 rings (SSSR count). The van der Waals surface area contributed by atoms with Crippen LogP contribution in [0.15, 0.2) is 18.3 Å². The zero-order valence-corrected chi connectivity index (χ0v) is 11.0. The Balaban J connectivity index is 1.96. The van der Waals surface area contributed by atoms with E-state index in [1.807, 2.05) is 12.1 Å². The summed E-state index contributed by atoms with van der Waals surface area (Å²) in [7, 11) is 0. The number of pyridine rings is 1. The Morgan fingerprint density at radius 1 is 1.47 bits per heavy atom. The number of aromatic nitrogens is 1. The molecule has 1 aliphatic carbocycles. The molecule has 3 nitrogen and oxygen atoms in total. The lowest BCUT2D eigenvalue weighted by Crippen LogP contribution is -2.26. The molecule has 1 aromatic rings. The number of hydrogen-bond donors (Lipinski definition) is 2. The summed E-state index contributed by atoms with van der Waals surface area (Å²) >= 11 is 4.90. The van der Waals surface area contributed by atoms with Gasteiger partial charge in [0.15, 0.2) is 0 Å². The van der Waals surface area contributed by atoms with Crippen molar-refractivity contribution in [2.75, 3.05) is 5.32 Å². The van der Waals surface area contributed by atoms with Gasteiger partial charge in [0.2, 0.25) is 0 Å². The summed E-state index contributed by atoms with van der Waals surface area (Å²) in [4.78, 5) is 4.74. The average molecular weight is 249 g/mol. The predicted octanol–water partition coefficient (Wildman–Crippen LogP) is 2.71. The molecule has 4 heteroatoms. The van der Waals surface area contributed by atoms with E-state index in [2.05, 4.69) is 17.2 Å². The van der Waals surface area contributed by atoms with Crippen molar-refractivity contribution in [3.63, 3.8) is 0 Å². The highest BCUT2D eigenvalue weighted by Gasteiger charge is 2.18. The average Bonchev–Trinajstić information content (AvgIpc) is 2.29. The second kappa shape index (κ2) is 5.45. The van der Waals surface area contributed by atoms with Crippen molar-refractivity contribution >= 4 is 23.0 Å². The van der Waals surface area contributed by atoms with Gasteiger partial charge in [-0.25, -0.2) is 4.98 Å². The maximum absolute atomic E-state index is 5.54. The van der Waals surface area contributed by atoms with Crippen LogP contribution in [0, 0.1) is 5.92 Å². The van der Waals surface area contributed by atoms with Gasteiger partial charge in [-0.15, -0.1) is 0 Å². The maximum Gasteiger partial charge on any atom is 0.126 e. The van der Waals surface area contributed by atoms with Gasteiger partial charge < -0.3 is 11.1 Å². The fourth-order valence-corrected chi connectivity index (χ4v) is 2.52. The number of nitrogens with zero attached hydrogens (tertiary/aromatic N) is 1. The van der Waals surface area contributed by atoms with E-state index in [1.54, 1.807) is 6.20 Å². The molecule has 0 amide bonds. The Morgan fingerprint density at radius 2 is 2.29 bits per heavy atom. The van der Waals surface area contributed by atoms with Crippen LogP contribution in [-0.4, -0.2) is 16.0 Å². The van der Waals surface area contributed by atoms with Gasteiger partial charge in [0.1, 0.15) is 10.8 Å². The third-order valence-corrected chi connectivity index (χ3v) is 3.57. The van der Waals surface area contributed by atoms with Gasteiger partial charge in [0.25, 0.3) is 0 Å². The SMILES string of the molecule is CC1CCCC(Nc2ccc(C(N)=S)cn2)C1. The molecule has 1 aromatic heterocycles. The van der Waals surface area contributed by atoms with Gasteiger partial charge in [-0.3, -0.25) is 0 Å². The summed E-state index contributed by atoms with van der Waals surface area (Å²) < 4.78 is 0. The second-order valence-electron chi connectivity index (χ2n) is 4.91. The minimum absolute atomic E-state index is 0.398. The van der Waals surface area contributed by atoms with Crippen LogP contribution < -0.4 is 11.1 Å². The second-order valence-corrected chi connectivity index (χ2v) is 5.35. The molecule has 0 bridgehead atoms. The fourth-order valence-electron chi connectivity index (χ4n) is 2.40. The number of nitrogens with one attached hydrogen (secondary N) is 1. The van der Waals surface area contributed by atoms with Crippen LogP contribution in [0.25, 0.3) is 0 Å². The number of hydrogen-bond acceptors (Lipinski definition) is 3. The van der Waals surface area contributed by atoms with Crippen LogP contribution in [0.4, 0.5) is 5.82 Å². The van der Waals surface area contributed by atoms with Gasteiger partial charge in [0.05, 0.1) is 0 Å². The molecule has 1 aliphatic rings. The molecule has 1 heterocycles. The highest BCUT2D eigenvalue weighted by Crippen LogP contribution is 2.25. The topological polar surface area (TPSA) is 50.9 Å². The van der Waals surface area contributed by atoms with Gasteiger partial charge >= 0.3 is 0 Å². The summed E-state index contributed by atoms with van der Waals surface area (Å²) in [5, 5.41) is 3.48. The van der Waals surface area contributed by atoms with E-state index < -0.39 is 0 Å². The molecule has 0 saturated heterocycles. The lowest BCUT2D eigenvalue weighted by Gasteiger charge is -2.27. The quantitative estimate of drug-likeness (QED) is 0.809. The van der Waals surface area contributed by atoms with Crippen molar-refractivity contribution < 1.29 is 0 Å². The van der Waals surface area contributed by atoms with Gasteiger partial charge in [-0.1, -0.05) is 32.0 Å². The smallest absolute Gasteiger partial charge is 0.126 e. The van der Waals surface area contributed by atoms with Crippen LogP contribution in [0.1, 0.15) is 38.2 Å². The van der Waals surface area contributed by atoms with E-state index in [9.17, 15) is 0 Å². The van der Waals surface area contributed by atoms with E-state index in [-0.39, 0.29) is 0 Å². The monoisotopic (exact) mass is 249 g/mol. The molecular weight excluding hydrogens is 230 g/mol. The predicted molar refractivity (Wildman–Crippen MR) is 75.2 cm³/mol. The Kier molecular flexibility index (Phi) is 3.94. The first-order valence-electron chi connectivity index (χ1n) is 6.17. The molecule has 1 saturated carbocycles. The van der Waals surface area contributed by atoms with E-state index in [4.69, 9.17) is 18.0 Å². The minimum Gasteiger partial charge on any atom is -0.389 e. The number of thiocarbonyl (C=S) groups is 1. The van der Waals surface area contributed by atoms with Gasteiger partial charge in [-0.2, -0.15) is 0 Å². The van der Waals surface area contributed by atoms with Crippen molar-refractivity contribution in [2.45, 2.75) is 38.6 Å². The normalized spacial score (nSPS) is 24.3. The number of nitrogens with two attached hydrogens (primary N) is 1. The molecule has 0 spiro atoms. The third-order valence-electron chi connectivity index (χ3n) is 3.34. The van der Waals surface area contributed by atoms with Crippen LogP contribution in [0.5, 0.6) is 0 Å². The van der Waals surface area contributed by atoms with Crippen molar-refractivity contribution in [1.82, 2.24) is 4.98 Å². The number of anilines is 1. The van der Waals surface area contributed by atoms with Crippen LogP contribution in [0.3, 0.4) is 0 Å². The zero-order valence-electron chi connectivity index (χ0n) is 10.1. The first kappa shape index (κ1) is 12.3. The Morgan fingerprint density at radius 3 is 2.88 bits per heavy atom. The van der Waals surface area contributed by atoms with Gasteiger partial charge in [0, 0.05) is 17.8 Å². The van der Waals surface area contributed by atoms with Crippen LogP contribution in [-0.2, 0) is 0 Å². The molecule has 2 atom stereocenters. The van der Waals surface area contributed by atoms with E-state index in [1.165, 1.54) is 25.7 Å². The van der Waals surface area contributed by atoms with Crippen LogP contribution >= 0.6 is 12.2 Å². The molecule has 0 radical (unpaired) electrons. The van der Waals surface area contributed by atoms with Crippen molar-refractivity contribution in [1.29, 1.82) is 0 Å². The molecule has 1 fully saturated rings. The molecular formula is C13H19N3S. The van der Waals surface area contributed by atoms with E-state index in [0.717, 1.165) is 17.3 Å². The maximum atomic E-state index is 5.54. The Labute approximate surface area is 108 Å². The van der Waals surface area contributed by atoms with Gasteiger partial charge in [-0.05, 0) is 30.9 Å². The summed E-state index contributed by atoms with van der Waals surface area (Å²) in [5.41, 5.74) is 6.36. The summed E-state index contributed by atoms with van der Waals surface area (Å²) in [6.45, 7) is 2.32. The molecule has 17 heavy (non-hydrogen) atoms. The molecule has 3 N–H and O–H groups in total. The molecule has 0 aromatic carbocycles. The Bertz CT molecular complexity index is 388. The standard InChI is InChI=1S/C13H19N3S/c1-9-3-2-4-11(7-9)16-12-6-5-10(8-15-12)13(14)17/h5-6,8-9,11H,2-4,7H2,1H3,(H2,14,17)(H,15,16). The van der Waals surface area contributed by atoms with Crippen LogP contribution in [0.2, 0.25) is 0 Å². The lowest BCUT2D eigenvalue weighted by molar-refractivity contribution is 0.358. The summed E-state index contributed by atoms with van der Waals surface area (Å²) in [6.07, 6.45) is 6.87. The van der Waals surface area contributed by atoms with Crippen molar-refractivity contribution in [3.8, 4) is 0 Å². The molecule has 0 aliphatic heterocycles. The van der Waals surface area contributed by atoms with E-state index in [0.29, 0.717) is 11.0 Å². The fraction of sp³-hybridized carbons (Fsp3) is 0.538. The first-order chi connectivity index (χ1) is 8.15. The van der Waals surface area contributed by atoms with E-state index >= 15 is 0 Å². The van der Waals surface area contributed by atoms with Crippen molar-refractivity contribution in [2.24, 2.45) is 11.7 Å². The van der Waals surface area contributed by atoms with Crippen molar-refractivity contribution in [3.05, 3.63) is 23.9 Å².